The van der Waals surface area contributed by atoms with Crippen LogP contribution in [0.5, 0.6) is 0 Å². The summed E-state index contributed by atoms with van der Waals surface area (Å²) in [6.45, 7) is 4.76. The predicted octanol–water partition coefficient (Wildman–Crippen LogP) is 4.62. The van der Waals surface area contributed by atoms with Crippen molar-refractivity contribution in [3.63, 3.8) is 0 Å². The fourth-order valence-electron chi connectivity index (χ4n) is 2.66. The second-order valence-electron chi connectivity index (χ2n) is 5.19. The van der Waals surface area contributed by atoms with Crippen LogP contribution in [-0.4, -0.2) is 0 Å². The minimum absolute atomic E-state index is 0. The van der Waals surface area contributed by atoms with Crippen molar-refractivity contribution in [3.8, 4) is 0 Å². The molecule has 0 aliphatic rings. The molecule has 3 heteroatoms. The molecule has 0 amide bonds. The Morgan fingerprint density at radius 2 is 0.773 bits per heavy atom. The molecule has 3 rings (SSSR count). The van der Waals surface area contributed by atoms with E-state index >= 15 is 0 Å². The first-order valence-corrected chi connectivity index (χ1v) is 11.3. The summed E-state index contributed by atoms with van der Waals surface area (Å²) in [4.78, 5) is 0. The molecule has 0 fully saturated rings. The van der Waals surface area contributed by atoms with E-state index in [1.807, 2.05) is 18.2 Å². The Balaban J connectivity index is 0.00000176. The standard InChI is InChI=1S/C19H17BrP.Au/c1-21(20,17-11-5-2-6-12-17,18-13-7-3-8-14-18)19-15-9-4-10-16-19;/h2-16H,1H2;/q-1;+1. The molecule has 0 heterocycles. The summed E-state index contributed by atoms with van der Waals surface area (Å²) in [6.07, 6.45) is 0. The van der Waals surface area contributed by atoms with Gasteiger partial charge < -0.3 is 0 Å². The fourth-order valence-corrected chi connectivity index (χ4v) is 8.07. The maximum absolute atomic E-state index is 4.76. The fraction of sp³-hybridized carbons (Fsp3) is 0. The van der Waals surface area contributed by atoms with Crippen molar-refractivity contribution in [3.05, 3.63) is 97.7 Å². The molecule has 0 unspecified atom stereocenters. The van der Waals surface area contributed by atoms with Crippen LogP contribution < -0.4 is 15.9 Å². The van der Waals surface area contributed by atoms with E-state index in [2.05, 4.69) is 88.3 Å². The maximum atomic E-state index is 4.76. The number of rotatable bonds is 3. The third-order valence-electron chi connectivity index (χ3n) is 3.88. The molecule has 0 nitrogen and oxygen atoms in total. The van der Waals surface area contributed by atoms with Crippen molar-refractivity contribution in [2.75, 3.05) is 0 Å². The van der Waals surface area contributed by atoms with E-state index < -0.39 is 5.31 Å². The Morgan fingerprint density at radius 1 is 0.545 bits per heavy atom. The molecular formula is C19H17AuBrP. The van der Waals surface area contributed by atoms with Gasteiger partial charge in [-0.3, -0.25) is 0 Å². The van der Waals surface area contributed by atoms with Crippen molar-refractivity contribution in [2.24, 2.45) is 0 Å². The van der Waals surface area contributed by atoms with E-state index in [0.717, 1.165) is 0 Å². The van der Waals surface area contributed by atoms with Crippen molar-refractivity contribution in [1.82, 2.24) is 0 Å². The van der Waals surface area contributed by atoms with Crippen molar-refractivity contribution >= 4 is 36.7 Å². The Bertz CT molecular complexity index is 624. The van der Waals surface area contributed by atoms with Crippen LogP contribution in [0.15, 0.2) is 91.0 Å². The second kappa shape index (κ2) is 6.83. The summed E-state index contributed by atoms with van der Waals surface area (Å²) in [5.41, 5.74) is 0. The average molecular weight is 553 g/mol. The molecule has 3 aromatic carbocycles. The molecule has 0 saturated heterocycles. The van der Waals surface area contributed by atoms with Gasteiger partial charge in [-0.05, 0) is 0 Å². The SMILES string of the molecule is [Au+].[CH2-]P(Br)(c1ccccc1)(c1ccccc1)c1ccccc1. The summed E-state index contributed by atoms with van der Waals surface area (Å²) in [5, 5.41) is 0.899. The molecule has 0 spiro atoms. The first-order chi connectivity index (χ1) is 10.1. The summed E-state index contributed by atoms with van der Waals surface area (Å²) in [5.74, 6) is 0. The topological polar surface area (TPSA) is 0 Å². The normalized spacial score (nSPS) is 12.7. The van der Waals surface area contributed by atoms with Crippen LogP contribution in [0.4, 0.5) is 0 Å². The molecule has 22 heavy (non-hydrogen) atoms. The molecule has 3 aromatic rings. The monoisotopic (exact) mass is 552 g/mol. The third kappa shape index (κ3) is 2.89. The molecule has 0 aliphatic carbocycles. The van der Waals surface area contributed by atoms with Crippen LogP contribution in [-0.2, 0) is 22.4 Å². The molecule has 0 bridgehead atoms. The molecule has 0 atom stereocenters. The van der Waals surface area contributed by atoms with Crippen molar-refractivity contribution < 1.29 is 22.4 Å². The second-order valence-corrected chi connectivity index (χ2v) is 13.8. The summed E-state index contributed by atoms with van der Waals surface area (Å²) in [7, 11) is 0. The number of hydrogen-bond acceptors (Lipinski definition) is 0. The Kier molecular flexibility index (Phi) is 5.48. The van der Waals surface area contributed by atoms with Gasteiger partial charge in [-0.1, -0.05) is 0 Å². The number of halogens is 1. The third-order valence-corrected chi connectivity index (χ3v) is 11.7. The summed E-state index contributed by atoms with van der Waals surface area (Å²) in [6, 6.07) is 31.6. The first kappa shape index (κ1) is 17.7. The Labute approximate surface area is 156 Å². The quantitative estimate of drug-likeness (QED) is 0.253. The molecule has 0 aromatic heterocycles. The molecule has 0 aliphatic heterocycles. The number of hydrogen-bond donors (Lipinski definition) is 0. The molecule has 0 N–H and O–H groups in total. The predicted molar refractivity (Wildman–Crippen MR) is 99.4 cm³/mol. The van der Waals surface area contributed by atoms with E-state index in [1.165, 1.54) is 15.9 Å². The molecule has 0 radical (unpaired) electrons. The van der Waals surface area contributed by atoms with Gasteiger partial charge in [0.25, 0.3) is 0 Å². The van der Waals surface area contributed by atoms with Gasteiger partial charge >= 0.3 is 157 Å². The van der Waals surface area contributed by atoms with Crippen LogP contribution in [0.3, 0.4) is 0 Å². The van der Waals surface area contributed by atoms with E-state index in [-0.39, 0.29) is 22.4 Å². The molecular weight excluding hydrogens is 536 g/mol. The van der Waals surface area contributed by atoms with Gasteiger partial charge in [0, 0.05) is 0 Å². The first-order valence-electron chi connectivity index (χ1n) is 6.89. The van der Waals surface area contributed by atoms with E-state index in [9.17, 15) is 0 Å². The number of benzene rings is 3. The zero-order chi connectivity index (χ0) is 14.8. The van der Waals surface area contributed by atoms with Crippen LogP contribution >= 0.6 is 20.8 Å². The van der Waals surface area contributed by atoms with Gasteiger partial charge in [0.05, 0.1) is 0 Å². The average Bonchev–Trinajstić information content (AvgIpc) is 2.57. The Morgan fingerprint density at radius 3 is 1.00 bits per heavy atom. The van der Waals surface area contributed by atoms with Crippen molar-refractivity contribution in [1.29, 1.82) is 0 Å². The molecule has 0 saturated carbocycles. The van der Waals surface area contributed by atoms with Gasteiger partial charge in [-0.25, -0.2) is 0 Å². The Hall–Kier alpha value is -0.690. The minimum atomic E-state index is -2.81. The van der Waals surface area contributed by atoms with Crippen LogP contribution in [0.25, 0.3) is 0 Å². The van der Waals surface area contributed by atoms with E-state index in [0.29, 0.717) is 0 Å². The van der Waals surface area contributed by atoms with Gasteiger partial charge in [-0.2, -0.15) is 0 Å². The van der Waals surface area contributed by atoms with Crippen LogP contribution in [0.1, 0.15) is 0 Å². The van der Waals surface area contributed by atoms with E-state index in [1.54, 1.807) is 0 Å². The molecule has 116 valence electrons. The van der Waals surface area contributed by atoms with Gasteiger partial charge in [0.15, 0.2) is 0 Å². The zero-order valence-electron chi connectivity index (χ0n) is 12.0. The van der Waals surface area contributed by atoms with E-state index in [4.69, 9.17) is 6.66 Å². The van der Waals surface area contributed by atoms with Crippen LogP contribution in [0, 0.1) is 6.66 Å². The van der Waals surface area contributed by atoms with Gasteiger partial charge in [0.1, 0.15) is 0 Å². The van der Waals surface area contributed by atoms with Crippen LogP contribution in [0.2, 0.25) is 0 Å². The summed E-state index contributed by atoms with van der Waals surface area (Å²) < 4.78 is 0. The summed E-state index contributed by atoms with van der Waals surface area (Å²) >= 11 is 4.13. The zero-order valence-corrected chi connectivity index (χ0v) is 16.6. The van der Waals surface area contributed by atoms with Crippen molar-refractivity contribution in [2.45, 2.75) is 0 Å². The van der Waals surface area contributed by atoms with Gasteiger partial charge in [-0.15, -0.1) is 0 Å². The van der Waals surface area contributed by atoms with Gasteiger partial charge in [0.2, 0.25) is 0 Å².